The number of carbonyl (C=O) groups is 1. The van der Waals surface area contributed by atoms with E-state index < -0.39 is 0 Å². The zero-order valence-corrected chi connectivity index (χ0v) is 18.5. The van der Waals surface area contributed by atoms with Crippen molar-refractivity contribution in [2.75, 3.05) is 7.11 Å². The molecule has 2 aromatic heterocycles. The van der Waals surface area contributed by atoms with Gasteiger partial charge in [-0.1, -0.05) is 23.9 Å². The van der Waals surface area contributed by atoms with Crippen molar-refractivity contribution in [1.82, 2.24) is 24.9 Å². The van der Waals surface area contributed by atoms with Crippen molar-refractivity contribution >= 4 is 34.4 Å². The molecule has 162 valence electrons. The number of hydrazone groups is 1. The molecule has 0 saturated heterocycles. The molecule has 0 aliphatic carbocycles. The largest absolute Gasteiger partial charge is 0.496 e. The number of ether oxygens (including phenoxy) is 1. The third-order valence-corrected chi connectivity index (χ3v) is 5.71. The van der Waals surface area contributed by atoms with Crippen LogP contribution in [0.25, 0.3) is 11.0 Å². The topological polar surface area (TPSA) is 94.3 Å². The van der Waals surface area contributed by atoms with Crippen LogP contribution >= 0.6 is 11.8 Å². The van der Waals surface area contributed by atoms with Gasteiger partial charge in [-0.2, -0.15) is 5.10 Å². The van der Waals surface area contributed by atoms with Crippen molar-refractivity contribution in [2.24, 2.45) is 5.10 Å². The minimum Gasteiger partial charge on any atom is -0.496 e. The van der Waals surface area contributed by atoms with E-state index in [1.807, 2.05) is 49.4 Å². The minimum atomic E-state index is -0.224. The number of nitrogens with zero attached hydrogens (tertiary/aromatic N) is 5. The van der Waals surface area contributed by atoms with Gasteiger partial charge in [-0.3, -0.25) is 4.79 Å². The second kappa shape index (κ2) is 10.1. The van der Waals surface area contributed by atoms with E-state index in [2.05, 4.69) is 25.5 Å². The van der Waals surface area contributed by atoms with Gasteiger partial charge in [-0.15, -0.1) is 0 Å². The number of carbonyl (C=O) groups excluding carboxylic acids is 1. The summed E-state index contributed by atoms with van der Waals surface area (Å²) in [6.07, 6.45) is 5.09. The average Bonchev–Trinajstić information content (AvgIpc) is 3.24. The summed E-state index contributed by atoms with van der Waals surface area (Å²) in [5.41, 5.74) is 6.97. The molecule has 4 rings (SSSR count). The van der Waals surface area contributed by atoms with Crippen LogP contribution in [0.15, 0.2) is 77.5 Å². The zero-order valence-electron chi connectivity index (χ0n) is 17.7. The summed E-state index contributed by atoms with van der Waals surface area (Å²) in [6.45, 7) is 1.99. The molecule has 0 fully saturated rings. The molecule has 0 bridgehead atoms. The van der Waals surface area contributed by atoms with Crippen molar-refractivity contribution in [3.63, 3.8) is 0 Å². The standard InChI is InChI=1S/C23H22N6O2S/c1-16(27-28-22(30)13-29-15-26-19-6-3-4-7-20(19)29)17-8-9-21(31-2)18(12-17)14-32-23-24-10-5-11-25-23/h3-12,15H,13-14H2,1-2H3,(H,28,30). The molecule has 0 unspecified atom stereocenters. The third kappa shape index (κ3) is 5.12. The number of rotatable bonds is 8. The maximum Gasteiger partial charge on any atom is 0.260 e. The molecule has 0 aliphatic rings. The molecule has 0 aliphatic heterocycles. The lowest BCUT2D eigenvalue weighted by molar-refractivity contribution is -0.121. The monoisotopic (exact) mass is 446 g/mol. The molecule has 0 radical (unpaired) electrons. The highest BCUT2D eigenvalue weighted by Gasteiger charge is 2.10. The van der Waals surface area contributed by atoms with Gasteiger partial charge in [0.25, 0.3) is 5.91 Å². The van der Waals surface area contributed by atoms with Crippen molar-refractivity contribution in [3.05, 3.63) is 78.4 Å². The minimum absolute atomic E-state index is 0.138. The van der Waals surface area contributed by atoms with E-state index in [0.717, 1.165) is 27.9 Å². The summed E-state index contributed by atoms with van der Waals surface area (Å²) in [5, 5.41) is 4.98. The highest BCUT2D eigenvalue weighted by Crippen LogP contribution is 2.27. The fraction of sp³-hybridized carbons (Fsp3) is 0.174. The van der Waals surface area contributed by atoms with Crippen LogP contribution in [0.1, 0.15) is 18.1 Å². The summed E-state index contributed by atoms with van der Waals surface area (Å²) >= 11 is 1.52. The Kier molecular flexibility index (Phi) is 6.76. The smallest absolute Gasteiger partial charge is 0.260 e. The van der Waals surface area contributed by atoms with Crippen LogP contribution in [0.4, 0.5) is 0 Å². The van der Waals surface area contributed by atoms with Gasteiger partial charge in [0.15, 0.2) is 5.16 Å². The van der Waals surface area contributed by atoms with E-state index in [9.17, 15) is 4.79 Å². The van der Waals surface area contributed by atoms with Gasteiger partial charge >= 0.3 is 0 Å². The first-order valence-corrected chi connectivity index (χ1v) is 10.9. The molecule has 0 spiro atoms. The van der Waals surface area contributed by atoms with Gasteiger partial charge in [0.2, 0.25) is 0 Å². The number of fused-ring (bicyclic) bond motifs is 1. The molecule has 1 amide bonds. The molecule has 32 heavy (non-hydrogen) atoms. The fourth-order valence-electron chi connectivity index (χ4n) is 3.16. The predicted octanol–water partition coefficient (Wildman–Crippen LogP) is 3.67. The highest BCUT2D eigenvalue weighted by atomic mass is 32.2. The molecule has 8 nitrogen and oxygen atoms in total. The molecule has 0 saturated carbocycles. The summed E-state index contributed by atoms with van der Waals surface area (Å²) in [5.74, 6) is 1.20. The number of nitrogens with one attached hydrogen (secondary N) is 1. The molecule has 0 atom stereocenters. The quantitative estimate of drug-likeness (QED) is 0.192. The van der Waals surface area contributed by atoms with E-state index >= 15 is 0 Å². The Bertz CT molecular complexity index is 1260. The molecule has 2 aromatic carbocycles. The van der Waals surface area contributed by atoms with Crippen molar-refractivity contribution < 1.29 is 9.53 Å². The lowest BCUT2D eigenvalue weighted by Gasteiger charge is -2.11. The number of amides is 1. The SMILES string of the molecule is COc1ccc(C(C)=NNC(=O)Cn2cnc3ccccc32)cc1CSc1ncccn1. The van der Waals surface area contributed by atoms with Crippen LogP contribution in [-0.2, 0) is 17.1 Å². The first kappa shape index (κ1) is 21.5. The summed E-state index contributed by atoms with van der Waals surface area (Å²) in [4.78, 5) is 25.2. The van der Waals surface area contributed by atoms with Crippen LogP contribution in [0.2, 0.25) is 0 Å². The lowest BCUT2D eigenvalue weighted by atomic mass is 10.1. The second-order valence-corrected chi connectivity index (χ2v) is 7.88. The number of hydrogen-bond acceptors (Lipinski definition) is 7. The summed E-state index contributed by atoms with van der Waals surface area (Å²) < 4.78 is 7.28. The molecular weight excluding hydrogens is 424 g/mol. The first-order chi connectivity index (χ1) is 15.6. The average molecular weight is 447 g/mol. The number of aromatic nitrogens is 4. The third-order valence-electron chi connectivity index (χ3n) is 4.79. The normalized spacial score (nSPS) is 11.5. The number of imidazole rings is 1. The summed E-state index contributed by atoms with van der Waals surface area (Å²) in [7, 11) is 1.64. The van der Waals surface area contributed by atoms with E-state index in [-0.39, 0.29) is 12.5 Å². The second-order valence-electron chi connectivity index (χ2n) is 6.94. The van der Waals surface area contributed by atoms with Gasteiger partial charge in [0.05, 0.1) is 30.2 Å². The van der Waals surface area contributed by atoms with E-state index in [0.29, 0.717) is 16.6 Å². The molecule has 2 heterocycles. The van der Waals surface area contributed by atoms with Crippen molar-refractivity contribution in [2.45, 2.75) is 24.4 Å². The molecule has 4 aromatic rings. The van der Waals surface area contributed by atoms with Gasteiger partial charge < -0.3 is 9.30 Å². The predicted molar refractivity (Wildman–Crippen MR) is 125 cm³/mol. The Morgan fingerprint density at radius 1 is 1.12 bits per heavy atom. The van der Waals surface area contributed by atoms with Gasteiger partial charge in [0, 0.05) is 23.7 Å². The van der Waals surface area contributed by atoms with Crippen molar-refractivity contribution in [1.29, 1.82) is 0 Å². The fourth-order valence-corrected chi connectivity index (χ4v) is 3.94. The Hall–Kier alpha value is -3.72. The van der Waals surface area contributed by atoms with Gasteiger partial charge in [-0.05, 0) is 48.9 Å². The summed E-state index contributed by atoms with van der Waals surface area (Å²) in [6, 6.07) is 15.3. The van der Waals surface area contributed by atoms with Crippen LogP contribution in [0.3, 0.4) is 0 Å². The number of methoxy groups -OCH3 is 1. The van der Waals surface area contributed by atoms with Crippen molar-refractivity contribution in [3.8, 4) is 5.75 Å². The van der Waals surface area contributed by atoms with Gasteiger partial charge in [-0.25, -0.2) is 20.4 Å². The maximum atomic E-state index is 12.4. The van der Waals surface area contributed by atoms with Crippen LogP contribution in [0.5, 0.6) is 5.75 Å². The zero-order chi connectivity index (χ0) is 22.3. The Morgan fingerprint density at radius 2 is 1.94 bits per heavy atom. The molecule has 1 N–H and O–H groups in total. The lowest BCUT2D eigenvalue weighted by Crippen LogP contribution is -2.24. The number of benzene rings is 2. The number of thioether (sulfide) groups is 1. The van der Waals surface area contributed by atoms with Crippen LogP contribution < -0.4 is 10.2 Å². The van der Waals surface area contributed by atoms with Gasteiger partial charge in [0.1, 0.15) is 12.3 Å². The molecular formula is C23H22N6O2S. The van der Waals surface area contributed by atoms with Crippen LogP contribution in [-0.4, -0.2) is 38.2 Å². The Balaban J connectivity index is 1.43. The highest BCUT2D eigenvalue weighted by molar-refractivity contribution is 7.98. The van der Waals surface area contributed by atoms with E-state index in [1.54, 1.807) is 36.5 Å². The number of para-hydroxylation sites is 2. The Labute approximate surface area is 189 Å². The maximum absolute atomic E-state index is 12.4. The Morgan fingerprint density at radius 3 is 2.75 bits per heavy atom. The van der Waals surface area contributed by atoms with Crippen LogP contribution in [0, 0.1) is 0 Å². The molecule has 9 heteroatoms. The first-order valence-electron chi connectivity index (χ1n) is 9.94. The van der Waals surface area contributed by atoms with E-state index in [1.165, 1.54) is 11.8 Å². The number of hydrogen-bond donors (Lipinski definition) is 1. The van der Waals surface area contributed by atoms with E-state index in [4.69, 9.17) is 4.74 Å².